The Hall–Kier alpha value is -3.24. The number of para-hydroxylation sites is 1. The Morgan fingerprint density at radius 1 is 1.12 bits per heavy atom. The van der Waals surface area contributed by atoms with Gasteiger partial charge in [0.25, 0.3) is 5.76 Å². The average Bonchev–Trinajstić information content (AvgIpc) is 3.23. The zero-order chi connectivity index (χ0) is 23.4. The van der Waals surface area contributed by atoms with Gasteiger partial charge in [0, 0.05) is 41.0 Å². The lowest BCUT2D eigenvalue weighted by Gasteiger charge is -2.09. The second kappa shape index (κ2) is 10.1. The molecule has 0 aliphatic heterocycles. The summed E-state index contributed by atoms with van der Waals surface area (Å²) in [6, 6.07) is 15.2. The number of imidazole rings is 1. The summed E-state index contributed by atoms with van der Waals surface area (Å²) >= 11 is 1.65. The molecule has 0 spiro atoms. The Morgan fingerprint density at radius 3 is 2.58 bits per heavy atom. The summed E-state index contributed by atoms with van der Waals surface area (Å²) in [6.07, 6.45) is 3.27. The number of hydrogen-bond donors (Lipinski definition) is 1. The number of aryl methyl sites for hydroxylation is 1. The number of rotatable bonds is 8. The fourth-order valence-electron chi connectivity index (χ4n) is 3.17. The number of amides is 1. The number of carbonyl (C=O) groups excluding carboxylic acids is 2. The fourth-order valence-corrected chi connectivity index (χ4v) is 4.39. The van der Waals surface area contributed by atoms with Crippen molar-refractivity contribution < 1.29 is 18.4 Å². The number of thioether (sulfide) groups is 2. The Bertz CT molecular complexity index is 1310. The lowest BCUT2D eigenvalue weighted by Crippen LogP contribution is -2.14. The van der Waals surface area contributed by atoms with Crippen molar-refractivity contribution in [1.82, 2.24) is 14.5 Å². The third kappa shape index (κ3) is 5.58. The Balaban J connectivity index is 1.49. The molecular weight excluding hydrogens is 466 g/mol. The first-order valence-electron chi connectivity index (χ1n) is 9.80. The number of benzene rings is 2. The van der Waals surface area contributed by atoms with E-state index < -0.39 is 5.76 Å². The molecule has 0 aliphatic rings. The summed E-state index contributed by atoms with van der Waals surface area (Å²) in [5.41, 5.74) is 1.62. The van der Waals surface area contributed by atoms with Gasteiger partial charge < -0.3 is 9.88 Å². The quantitative estimate of drug-likeness (QED) is 0.272. The topological polar surface area (TPSA) is 76.9 Å². The van der Waals surface area contributed by atoms with Gasteiger partial charge in [-0.05, 0) is 36.4 Å². The molecule has 10 heteroatoms. The van der Waals surface area contributed by atoms with Gasteiger partial charge >= 0.3 is 0 Å². The van der Waals surface area contributed by atoms with E-state index in [1.807, 2.05) is 24.3 Å². The zero-order valence-electron chi connectivity index (χ0n) is 17.4. The van der Waals surface area contributed by atoms with Gasteiger partial charge in [-0.3, -0.25) is 9.59 Å². The number of aromatic nitrogens is 3. The van der Waals surface area contributed by atoms with Crippen LogP contribution in [0, 0.1) is 0 Å². The SMILES string of the molecule is Cn1ccnc1C(=O)c1cc(SCC(=O)Nc2ccc(SC(F)F)cc2)nc2ccccc12. The first-order chi connectivity index (χ1) is 15.9. The number of anilines is 1. The summed E-state index contributed by atoms with van der Waals surface area (Å²) < 4.78 is 26.5. The normalized spacial score (nSPS) is 11.2. The lowest BCUT2D eigenvalue weighted by molar-refractivity contribution is -0.113. The minimum absolute atomic E-state index is 0.0644. The van der Waals surface area contributed by atoms with Crippen LogP contribution in [0.5, 0.6) is 0 Å². The van der Waals surface area contributed by atoms with Crippen LogP contribution in [0.4, 0.5) is 14.5 Å². The van der Waals surface area contributed by atoms with Crippen molar-refractivity contribution in [1.29, 1.82) is 0 Å². The van der Waals surface area contributed by atoms with Crippen LogP contribution in [0.2, 0.25) is 0 Å². The van der Waals surface area contributed by atoms with Gasteiger partial charge in [-0.25, -0.2) is 9.97 Å². The van der Waals surface area contributed by atoms with E-state index in [4.69, 9.17) is 0 Å². The zero-order valence-corrected chi connectivity index (χ0v) is 19.0. The van der Waals surface area contributed by atoms with Gasteiger partial charge in [0.2, 0.25) is 11.7 Å². The van der Waals surface area contributed by atoms with Crippen molar-refractivity contribution in [2.45, 2.75) is 15.7 Å². The van der Waals surface area contributed by atoms with E-state index in [1.54, 1.807) is 42.2 Å². The van der Waals surface area contributed by atoms with E-state index in [0.717, 1.165) is 0 Å². The van der Waals surface area contributed by atoms with E-state index in [2.05, 4.69) is 15.3 Å². The molecular formula is C23H18F2N4O2S2. The maximum absolute atomic E-state index is 13.1. The van der Waals surface area contributed by atoms with Crippen molar-refractivity contribution in [3.63, 3.8) is 0 Å². The van der Waals surface area contributed by atoms with Crippen LogP contribution in [-0.4, -0.2) is 37.7 Å². The Labute approximate surface area is 196 Å². The molecule has 2 aromatic carbocycles. The standard InChI is InChI=1S/C23H18F2N4O2S2/c1-29-11-10-26-22(29)21(31)17-12-20(28-18-5-3-2-4-16(17)18)32-13-19(30)27-14-6-8-15(9-7-14)33-23(24)25/h2-12,23H,13H2,1H3,(H,27,30). The molecule has 0 saturated carbocycles. The number of nitrogens with zero attached hydrogens (tertiary/aromatic N) is 3. The fraction of sp³-hybridized carbons (Fsp3) is 0.130. The van der Waals surface area contributed by atoms with Crippen molar-refractivity contribution in [2.24, 2.45) is 7.05 Å². The van der Waals surface area contributed by atoms with Gasteiger partial charge in [-0.15, -0.1) is 0 Å². The molecule has 2 aromatic heterocycles. The number of pyridine rings is 1. The van der Waals surface area contributed by atoms with Crippen LogP contribution in [-0.2, 0) is 11.8 Å². The van der Waals surface area contributed by atoms with Crippen molar-refractivity contribution in [2.75, 3.05) is 11.1 Å². The molecule has 0 saturated heterocycles. The van der Waals surface area contributed by atoms with Gasteiger partial charge in [-0.1, -0.05) is 41.7 Å². The van der Waals surface area contributed by atoms with Crippen LogP contribution in [0.3, 0.4) is 0 Å². The molecule has 1 N–H and O–H groups in total. The highest BCUT2D eigenvalue weighted by Crippen LogP contribution is 2.27. The minimum atomic E-state index is -2.49. The van der Waals surface area contributed by atoms with E-state index in [0.29, 0.717) is 49.7 Å². The molecule has 1 amide bonds. The predicted octanol–water partition coefficient (Wildman–Crippen LogP) is 5.24. The number of ketones is 1. The van der Waals surface area contributed by atoms with E-state index in [1.165, 1.54) is 23.9 Å². The number of hydrogen-bond acceptors (Lipinski definition) is 6. The highest BCUT2D eigenvalue weighted by atomic mass is 32.2. The number of nitrogens with one attached hydrogen (secondary N) is 1. The largest absolute Gasteiger partial charge is 0.331 e. The molecule has 0 radical (unpaired) electrons. The molecule has 0 bridgehead atoms. The third-order valence-electron chi connectivity index (χ3n) is 4.68. The third-order valence-corrected chi connectivity index (χ3v) is 6.31. The van der Waals surface area contributed by atoms with E-state index in [-0.39, 0.29) is 17.4 Å². The number of carbonyl (C=O) groups is 2. The molecule has 4 aromatic rings. The first-order valence-corrected chi connectivity index (χ1v) is 11.7. The van der Waals surface area contributed by atoms with Crippen molar-refractivity contribution >= 4 is 51.8 Å². The summed E-state index contributed by atoms with van der Waals surface area (Å²) in [7, 11) is 1.75. The molecule has 4 rings (SSSR count). The maximum Gasteiger partial charge on any atom is 0.288 e. The number of halogens is 2. The molecule has 168 valence electrons. The average molecular weight is 485 g/mol. The van der Waals surface area contributed by atoms with Crippen LogP contribution < -0.4 is 5.32 Å². The first kappa shape index (κ1) is 22.9. The van der Waals surface area contributed by atoms with E-state index in [9.17, 15) is 18.4 Å². The summed E-state index contributed by atoms with van der Waals surface area (Å²) in [5.74, 6) is -2.62. The second-order valence-electron chi connectivity index (χ2n) is 6.96. The maximum atomic E-state index is 13.1. The van der Waals surface area contributed by atoms with Crippen LogP contribution >= 0.6 is 23.5 Å². The highest BCUT2D eigenvalue weighted by molar-refractivity contribution is 8.00. The summed E-state index contributed by atoms with van der Waals surface area (Å²) in [6.45, 7) is 0. The summed E-state index contributed by atoms with van der Waals surface area (Å²) in [4.78, 5) is 34.7. The second-order valence-corrected chi connectivity index (χ2v) is 9.01. The number of alkyl halides is 2. The molecule has 33 heavy (non-hydrogen) atoms. The number of fused-ring (bicyclic) bond motifs is 1. The van der Waals surface area contributed by atoms with Gasteiger partial charge in [0.05, 0.1) is 16.3 Å². The predicted molar refractivity (Wildman–Crippen MR) is 126 cm³/mol. The molecule has 0 unspecified atom stereocenters. The van der Waals surface area contributed by atoms with Crippen LogP contribution in [0.1, 0.15) is 16.2 Å². The molecule has 6 nitrogen and oxygen atoms in total. The smallest absolute Gasteiger partial charge is 0.288 e. The highest BCUT2D eigenvalue weighted by Gasteiger charge is 2.19. The van der Waals surface area contributed by atoms with Crippen molar-refractivity contribution in [3.8, 4) is 0 Å². The van der Waals surface area contributed by atoms with Crippen molar-refractivity contribution in [3.05, 3.63) is 78.4 Å². The molecule has 0 aliphatic carbocycles. The molecule has 0 atom stereocenters. The van der Waals surface area contributed by atoms with Gasteiger partial charge in [0.1, 0.15) is 0 Å². The van der Waals surface area contributed by atoms with E-state index >= 15 is 0 Å². The van der Waals surface area contributed by atoms with Crippen LogP contribution in [0.25, 0.3) is 10.9 Å². The summed E-state index contributed by atoms with van der Waals surface area (Å²) in [5, 5.41) is 3.97. The van der Waals surface area contributed by atoms with Crippen LogP contribution in [0.15, 0.2) is 76.9 Å². The van der Waals surface area contributed by atoms with Gasteiger partial charge in [0.15, 0.2) is 5.82 Å². The monoisotopic (exact) mass is 484 g/mol. The lowest BCUT2D eigenvalue weighted by atomic mass is 10.1. The van der Waals surface area contributed by atoms with Gasteiger partial charge in [-0.2, -0.15) is 8.78 Å². The molecule has 2 heterocycles. The molecule has 0 fully saturated rings. The Kier molecular flexibility index (Phi) is 7.05. The Morgan fingerprint density at radius 2 is 1.88 bits per heavy atom. The minimum Gasteiger partial charge on any atom is -0.331 e.